The van der Waals surface area contributed by atoms with Crippen molar-refractivity contribution in [3.05, 3.63) is 29.3 Å². The van der Waals surface area contributed by atoms with Gasteiger partial charge in [0.2, 0.25) is 15.9 Å². The standard InChI is InChI=1S/C24H36N2O3S/c1-17-6-5-9-23(18(17)2)25-24(27)20-12-14-26(15-13-20)30(28,29)22-11-10-19-7-3-4-8-21(19)16-22/h10-11,16-18,20,23H,3-9,12-15H2,1-2H3,(H,25,27). The van der Waals surface area contributed by atoms with Gasteiger partial charge in [-0.1, -0.05) is 32.8 Å². The first-order valence-corrected chi connectivity index (χ1v) is 13.2. The highest BCUT2D eigenvalue weighted by atomic mass is 32.2. The van der Waals surface area contributed by atoms with Crippen LogP contribution in [0.15, 0.2) is 23.1 Å². The number of rotatable bonds is 4. The number of nitrogens with zero attached hydrogens (tertiary/aromatic N) is 1. The fourth-order valence-electron chi connectivity index (χ4n) is 5.46. The molecule has 30 heavy (non-hydrogen) atoms. The van der Waals surface area contributed by atoms with Crippen LogP contribution in [0.2, 0.25) is 0 Å². The summed E-state index contributed by atoms with van der Waals surface area (Å²) in [6, 6.07) is 5.91. The maximum Gasteiger partial charge on any atom is 0.243 e. The van der Waals surface area contributed by atoms with E-state index in [0.717, 1.165) is 25.7 Å². The number of piperidine rings is 1. The van der Waals surface area contributed by atoms with E-state index in [9.17, 15) is 13.2 Å². The normalized spacial score (nSPS) is 28.7. The molecule has 3 unspecified atom stereocenters. The smallest absolute Gasteiger partial charge is 0.243 e. The Morgan fingerprint density at radius 1 is 0.967 bits per heavy atom. The summed E-state index contributed by atoms with van der Waals surface area (Å²) in [6.45, 7) is 5.36. The topological polar surface area (TPSA) is 66.5 Å². The molecular formula is C24H36N2O3S. The summed E-state index contributed by atoms with van der Waals surface area (Å²) in [5.74, 6) is 1.19. The molecule has 5 nitrogen and oxygen atoms in total. The number of fused-ring (bicyclic) bond motifs is 1. The highest BCUT2D eigenvalue weighted by Gasteiger charge is 2.34. The largest absolute Gasteiger partial charge is 0.353 e. The van der Waals surface area contributed by atoms with Crippen molar-refractivity contribution in [2.75, 3.05) is 13.1 Å². The maximum atomic E-state index is 13.2. The van der Waals surface area contributed by atoms with Gasteiger partial charge in [-0.15, -0.1) is 0 Å². The minimum Gasteiger partial charge on any atom is -0.353 e. The molecule has 1 N–H and O–H groups in total. The molecule has 2 fully saturated rings. The third kappa shape index (κ3) is 4.45. The van der Waals surface area contributed by atoms with Crippen LogP contribution in [-0.2, 0) is 27.7 Å². The van der Waals surface area contributed by atoms with Crippen molar-refractivity contribution in [2.24, 2.45) is 17.8 Å². The van der Waals surface area contributed by atoms with Crippen molar-refractivity contribution in [2.45, 2.75) is 82.6 Å². The van der Waals surface area contributed by atoms with E-state index >= 15 is 0 Å². The fraction of sp³-hybridized carbons (Fsp3) is 0.708. The van der Waals surface area contributed by atoms with Crippen molar-refractivity contribution in [3.8, 4) is 0 Å². The van der Waals surface area contributed by atoms with E-state index in [1.165, 1.54) is 30.4 Å². The molecule has 3 atom stereocenters. The lowest BCUT2D eigenvalue weighted by Gasteiger charge is -2.36. The molecule has 3 aliphatic rings. The molecule has 1 heterocycles. The predicted molar refractivity (Wildman–Crippen MR) is 119 cm³/mol. The minimum atomic E-state index is -3.49. The zero-order valence-corrected chi connectivity index (χ0v) is 19.2. The molecule has 1 aromatic rings. The Hall–Kier alpha value is -1.40. The molecule has 1 saturated heterocycles. The Labute approximate surface area is 181 Å². The summed E-state index contributed by atoms with van der Waals surface area (Å²) in [4.78, 5) is 13.2. The van der Waals surface area contributed by atoms with E-state index in [1.807, 2.05) is 12.1 Å². The predicted octanol–water partition coefficient (Wildman–Crippen LogP) is 3.91. The first-order chi connectivity index (χ1) is 14.4. The molecule has 4 rings (SSSR count). The molecule has 6 heteroatoms. The lowest BCUT2D eigenvalue weighted by molar-refractivity contribution is -0.127. The van der Waals surface area contributed by atoms with E-state index in [-0.39, 0.29) is 17.9 Å². The van der Waals surface area contributed by atoms with E-state index in [0.29, 0.717) is 42.7 Å². The average molecular weight is 433 g/mol. The molecular weight excluding hydrogens is 396 g/mol. The molecule has 0 aromatic heterocycles. The zero-order chi connectivity index (χ0) is 21.3. The number of sulfonamides is 1. The summed E-state index contributed by atoms with van der Waals surface area (Å²) in [6.07, 6.45) is 9.03. The molecule has 1 saturated carbocycles. The Balaban J connectivity index is 1.36. The number of aryl methyl sites for hydroxylation is 2. The number of hydrogen-bond donors (Lipinski definition) is 1. The van der Waals surface area contributed by atoms with Gasteiger partial charge >= 0.3 is 0 Å². The SMILES string of the molecule is CC1CCCC(NC(=O)C2CCN(S(=O)(=O)c3ccc4c(c3)CCCC4)CC2)C1C. The van der Waals surface area contributed by atoms with Crippen LogP contribution in [0.5, 0.6) is 0 Å². The van der Waals surface area contributed by atoms with Gasteiger partial charge in [0.15, 0.2) is 0 Å². The van der Waals surface area contributed by atoms with Gasteiger partial charge < -0.3 is 5.32 Å². The van der Waals surface area contributed by atoms with Gasteiger partial charge in [-0.2, -0.15) is 4.31 Å². The van der Waals surface area contributed by atoms with Crippen molar-refractivity contribution < 1.29 is 13.2 Å². The van der Waals surface area contributed by atoms with Crippen LogP contribution in [0.3, 0.4) is 0 Å². The van der Waals surface area contributed by atoms with E-state index in [2.05, 4.69) is 19.2 Å². The number of carbonyl (C=O) groups is 1. The summed E-state index contributed by atoms with van der Waals surface area (Å²) >= 11 is 0. The van der Waals surface area contributed by atoms with Crippen LogP contribution in [0.4, 0.5) is 0 Å². The monoisotopic (exact) mass is 432 g/mol. The second-order valence-electron chi connectivity index (χ2n) is 9.70. The highest BCUT2D eigenvalue weighted by Crippen LogP contribution is 2.31. The number of nitrogens with one attached hydrogen (secondary N) is 1. The van der Waals surface area contributed by atoms with E-state index < -0.39 is 10.0 Å². The second kappa shape index (κ2) is 8.99. The molecule has 1 amide bonds. The van der Waals surface area contributed by atoms with Crippen LogP contribution in [0, 0.1) is 17.8 Å². The van der Waals surface area contributed by atoms with Crippen LogP contribution in [0.25, 0.3) is 0 Å². The van der Waals surface area contributed by atoms with Gasteiger partial charge in [-0.25, -0.2) is 8.42 Å². The molecule has 0 spiro atoms. The maximum absolute atomic E-state index is 13.2. The van der Waals surface area contributed by atoms with E-state index in [1.54, 1.807) is 10.4 Å². The van der Waals surface area contributed by atoms with Crippen molar-refractivity contribution >= 4 is 15.9 Å². The van der Waals surface area contributed by atoms with Gasteiger partial charge in [-0.05, 0) is 80.0 Å². The Kier molecular flexibility index (Phi) is 6.54. The fourth-order valence-corrected chi connectivity index (χ4v) is 6.98. The van der Waals surface area contributed by atoms with Crippen LogP contribution < -0.4 is 5.32 Å². The highest BCUT2D eigenvalue weighted by molar-refractivity contribution is 7.89. The van der Waals surface area contributed by atoms with Gasteiger partial charge in [0.1, 0.15) is 0 Å². The minimum absolute atomic E-state index is 0.0792. The van der Waals surface area contributed by atoms with Crippen LogP contribution in [0.1, 0.15) is 69.9 Å². The molecule has 1 aromatic carbocycles. The Morgan fingerprint density at radius 3 is 2.40 bits per heavy atom. The van der Waals surface area contributed by atoms with Gasteiger partial charge in [0.05, 0.1) is 4.90 Å². The summed E-state index contributed by atoms with van der Waals surface area (Å²) < 4.78 is 27.9. The third-order valence-electron chi connectivity index (χ3n) is 7.82. The second-order valence-corrected chi connectivity index (χ2v) is 11.6. The van der Waals surface area contributed by atoms with Crippen LogP contribution >= 0.6 is 0 Å². The quantitative estimate of drug-likeness (QED) is 0.784. The lowest BCUT2D eigenvalue weighted by atomic mass is 9.78. The zero-order valence-electron chi connectivity index (χ0n) is 18.4. The number of hydrogen-bond acceptors (Lipinski definition) is 3. The average Bonchev–Trinajstić information content (AvgIpc) is 2.76. The Bertz CT molecular complexity index is 874. The third-order valence-corrected chi connectivity index (χ3v) is 9.71. The first kappa shape index (κ1) is 21.8. The lowest BCUT2D eigenvalue weighted by Crippen LogP contribution is -2.48. The van der Waals surface area contributed by atoms with Crippen molar-refractivity contribution in [3.63, 3.8) is 0 Å². The van der Waals surface area contributed by atoms with Gasteiger partial charge in [0.25, 0.3) is 0 Å². The summed E-state index contributed by atoms with van der Waals surface area (Å²) in [5, 5.41) is 3.28. The number of benzene rings is 1. The van der Waals surface area contributed by atoms with Crippen molar-refractivity contribution in [1.82, 2.24) is 9.62 Å². The molecule has 0 bridgehead atoms. The molecule has 2 aliphatic carbocycles. The van der Waals surface area contributed by atoms with Gasteiger partial charge in [0, 0.05) is 25.0 Å². The summed E-state index contributed by atoms with van der Waals surface area (Å²) in [7, 11) is -3.49. The molecule has 1 aliphatic heterocycles. The molecule has 0 radical (unpaired) electrons. The van der Waals surface area contributed by atoms with Crippen LogP contribution in [-0.4, -0.2) is 37.8 Å². The number of amides is 1. The first-order valence-electron chi connectivity index (χ1n) is 11.8. The van der Waals surface area contributed by atoms with Crippen molar-refractivity contribution in [1.29, 1.82) is 0 Å². The summed E-state index contributed by atoms with van der Waals surface area (Å²) in [5.41, 5.74) is 2.48. The Morgan fingerprint density at radius 2 is 1.67 bits per heavy atom. The molecule has 166 valence electrons. The number of carbonyl (C=O) groups excluding carboxylic acids is 1. The van der Waals surface area contributed by atoms with E-state index in [4.69, 9.17) is 0 Å². The van der Waals surface area contributed by atoms with Gasteiger partial charge in [-0.3, -0.25) is 4.79 Å².